The number of nitrogens with one attached hydrogen (secondary N) is 1. The lowest BCUT2D eigenvalue weighted by Crippen LogP contribution is -2.40. The maximum absolute atomic E-state index is 13.9. The van der Waals surface area contributed by atoms with E-state index >= 15 is 0 Å². The third-order valence-corrected chi connectivity index (χ3v) is 6.85. The van der Waals surface area contributed by atoms with Gasteiger partial charge in [0.25, 0.3) is 5.91 Å². The number of aromatic nitrogens is 1. The number of benzene rings is 2. The summed E-state index contributed by atoms with van der Waals surface area (Å²) in [6.07, 6.45) is 0.685. The SMILES string of the molecule is COc1cc2c(cc1OC)[C@@H](c1cccs1)N(C(=O)c1cc(=O)[nH]c3ccccc13)CC2. The van der Waals surface area contributed by atoms with Crippen LogP contribution in [-0.2, 0) is 6.42 Å². The van der Waals surface area contributed by atoms with Crippen LogP contribution in [0.4, 0.5) is 0 Å². The first-order chi connectivity index (χ1) is 15.6. The molecular weight excluding hydrogens is 424 g/mol. The first kappa shape index (κ1) is 20.3. The summed E-state index contributed by atoms with van der Waals surface area (Å²) in [4.78, 5) is 31.9. The summed E-state index contributed by atoms with van der Waals surface area (Å²) in [5.41, 5.74) is 2.91. The zero-order chi connectivity index (χ0) is 22.2. The number of hydrogen-bond donors (Lipinski definition) is 1. The molecule has 1 aliphatic heterocycles. The Hall–Kier alpha value is -3.58. The van der Waals surface area contributed by atoms with Crippen LogP contribution < -0.4 is 15.0 Å². The van der Waals surface area contributed by atoms with Crippen LogP contribution in [0.5, 0.6) is 11.5 Å². The number of aromatic amines is 1. The fraction of sp³-hybridized carbons (Fsp3) is 0.200. The van der Waals surface area contributed by atoms with Crippen LogP contribution in [0.3, 0.4) is 0 Å². The minimum Gasteiger partial charge on any atom is -0.493 e. The predicted octanol–water partition coefficient (Wildman–Crippen LogP) is 4.39. The molecule has 0 aliphatic carbocycles. The number of hydrogen-bond acceptors (Lipinski definition) is 5. The lowest BCUT2D eigenvalue weighted by molar-refractivity contribution is 0.0698. The van der Waals surface area contributed by atoms with E-state index in [1.165, 1.54) is 6.07 Å². The Kier molecular flexibility index (Phi) is 5.19. The quantitative estimate of drug-likeness (QED) is 0.505. The molecule has 0 saturated heterocycles. The minimum atomic E-state index is -0.288. The highest BCUT2D eigenvalue weighted by atomic mass is 32.1. The van der Waals surface area contributed by atoms with Gasteiger partial charge in [-0.3, -0.25) is 9.59 Å². The number of ether oxygens (including phenoxy) is 2. The molecule has 6 nitrogen and oxygen atoms in total. The molecule has 1 amide bonds. The highest BCUT2D eigenvalue weighted by Gasteiger charge is 2.35. The van der Waals surface area contributed by atoms with Gasteiger partial charge in [0.1, 0.15) is 0 Å². The van der Waals surface area contributed by atoms with E-state index in [9.17, 15) is 9.59 Å². The number of H-pyrrole nitrogens is 1. The fourth-order valence-corrected chi connectivity index (χ4v) is 5.31. The summed E-state index contributed by atoms with van der Waals surface area (Å²) in [6.45, 7) is 0.533. The second kappa shape index (κ2) is 8.16. The van der Waals surface area contributed by atoms with Crippen molar-refractivity contribution < 1.29 is 14.3 Å². The molecule has 2 aromatic carbocycles. The number of carbonyl (C=O) groups is 1. The Morgan fingerprint density at radius 1 is 1.06 bits per heavy atom. The minimum absolute atomic E-state index is 0.161. The Morgan fingerprint density at radius 3 is 2.59 bits per heavy atom. The summed E-state index contributed by atoms with van der Waals surface area (Å²) >= 11 is 1.61. The molecule has 2 aromatic heterocycles. The van der Waals surface area contributed by atoms with E-state index in [-0.39, 0.29) is 17.5 Å². The zero-order valence-electron chi connectivity index (χ0n) is 17.8. The van der Waals surface area contributed by atoms with E-state index in [2.05, 4.69) is 4.98 Å². The molecule has 5 rings (SSSR count). The molecule has 1 N–H and O–H groups in total. The maximum Gasteiger partial charge on any atom is 0.255 e. The number of amides is 1. The lowest BCUT2D eigenvalue weighted by atomic mass is 9.90. The van der Waals surface area contributed by atoms with Crippen molar-refractivity contribution in [2.45, 2.75) is 12.5 Å². The molecule has 0 radical (unpaired) electrons. The van der Waals surface area contributed by atoms with Crippen molar-refractivity contribution in [1.29, 1.82) is 0 Å². The highest BCUT2D eigenvalue weighted by molar-refractivity contribution is 7.10. The van der Waals surface area contributed by atoms with Gasteiger partial charge < -0.3 is 19.4 Å². The number of nitrogens with zero attached hydrogens (tertiary/aromatic N) is 1. The van der Waals surface area contributed by atoms with Crippen LogP contribution in [0.2, 0.25) is 0 Å². The molecule has 0 unspecified atom stereocenters. The molecule has 162 valence electrons. The number of methoxy groups -OCH3 is 2. The number of thiophene rings is 1. The Labute approximate surface area is 189 Å². The predicted molar refractivity (Wildman–Crippen MR) is 125 cm³/mol. The van der Waals surface area contributed by atoms with E-state index in [4.69, 9.17) is 9.47 Å². The van der Waals surface area contributed by atoms with Gasteiger partial charge in [-0.1, -0.05) is 24.3 Å². The van der Waals surface area contributed by atoms with Crippen molar-refractivity contribution in [1.82, 2.24) is 9.88 Å². The molecule has 0 spiro atoms. The average molecular weight is 447 g/mol. The van der Waals surface area contributed by atoms with Gasteiger partial charge in [-0.05, 0) is 47.2 Å². The smallest absolute Gasteiger partial charge is 0.255 e. The van der Waals surface area contributed by atoms with Gasteiger partial charge in [0.2, 0.25) is 5.56 Å². The van der Waals surface area contributed by atoms with Crippen LogP contribution in [0.25, 0.3) is 10.9 Å². The molecule has 3 heterocycles. The van der Waals surface area contributed by atoms with Gasteiger partial charge in [-0.2, -0.15) is 0 Å². The fourth-order valence-electron chi connectivity index (χ4n) is 4.45. The van der Waals surface area contributed by atoms with Crippen LogP contribution in [0.1, 0.15) is 32.4 Å². The van der Waals surface area contributed by atoms with Gasteiger partial charge in [0.05, 0.1) is 25.8 Å². The first-order valence-electron chi connectivity index (χ1n) is 10.3. The summed E-state index contributed by atoms with van der Waals surface area (Å²) < 4.78 is 11.0. The van der Waals surface area contributed by atoms with Gasteiger partial charge in [-0.15, -0.1) is 11.3 Å². The second-order valence-corrected chi connectivity index (χ2v) is 8.64. The normalized spacial score (nSPS) is 15.4. The van der Waals surface area contributed by atoms with E-state index in [1.54, 1.807) is 25.6 Å². The Morgan fingerprint density at radius 2 is 1.84 bits per heavy atom. The third kappa shape index (κ3) is 3.35. The van der Waals surface area contributed by atoms with Crippen molar-refractivity contribution >= 4 is 28.1 Å². The summed E-state index contributed by atoms with van der Waals surface area (Å²) in [5.74, 6) is 1.14. The van der Waals surface area contributed by atoms with Crippen LogP contribution >= 0.6 is 11.3 Å². The molecule has 0 bridgehead atoms. The largest absolute Gasteiger partial charge is 0.493 e. The van der Waals surface area contributed by atoms with E-state index < -0.39 is 0 Å². The van der Waals surface area contributed by atoms with Crippen LogP contribution in [0, 0.1) is 0 Å². The molecule has 0 saturated carbocycles. The first-order valence-corrected chi connectivity index (χ1v) is 11.2. The molecule has 32 heavy (non-hydrogen) atoms. The van der Waals surface area contributed by atoms with Crippen molar-refractivity contribution in [3.8, 4) is 11.5 Å². The Balaban J connectivity index is 1.67. The third-order valence-electron chi connectivity index (χ3n) is 5.93. The second-order valence-electron chi connectivity index (χ2n) is 7.67. The molecule has 0 fully saturated rings. The van der Waals surface area contributed by atoms with Crippen LogP contribution in [0.15, 0.2) is 64.8 Å². The molecule has 4 aromatic rings. The maximum atomic E-state index is 13.9. The number of para-hydroxylation sites is 1. The lowest BCUT2D eigenvalue weighted by Gasteiger charge is -2.37. The molecule has 1 aliphatic rings. The van der Waals surface area contributed by atoms with Crippen LogP contribution in [-0.4, -0.2) is 36.6 Å². The van der Waals surface area contributed by atoms with E-state index in [0.717, 1.165) is 21.4 Å². The van der Waals surface area contributed by atoms with Gasteiger partial charge in [0, 0.05) is 28.4 Å². The van der Waals surface area contributed by atoms with Crippen molar-refractivity contribution in [3.05, 3.63) is 91.9 Å². The topological polar surface area (TPSA) is 71.6 Å². The Bertz CT molecular complexity index is 1360. The number of pyridine rings is 1. The standard InChI is InChI=1S/C25H22N2O4S/c1-30-20-12-15-9-10-27(24(22-8-5-11-32-22)17(15)13-21(20)31-2)25(29)18-14-23(28)26-19-7-4-3-6-16(18)19/h3-8,11-14,24H,9-10H2,1-2H3,(H,26,28)/t24-/m0/s1. The molecule has 7 heteroatoms. The van der Waals surface area contributed by atoms with Crippen molar-refractivity contribution in [3.63, 3.8) is 0 Å². The summed E-state index contributed by atoms with van der Waals surface area (Å²) in [5, 5.41) is 2.75. The summed E-state index contributed by atoms with van der Waals surface area (Å²) in [6, 6.07) is 16.5. The van der Waals surface area contributed by atoms with Gasteiger partial charge in [-0.25, -0.2) is 0 Å². The summed E-state index contributed by atoms with van der Waals surface area (Å²) in [7, 11) is 3.23. The number of fused-ring (bicyclic) bond motifs is 2. The van der Waals surface area contributed by atoms with Crippen molar-refractivity contribution in [2.75, 3.05) is 20.8 Å². The van der Waals surface area contributed by atoms with Gasteiger partial charge >= 0.3 is 0 Å². The van der Waals surface area contributed by atoms with Gasteiger partial charge in [0.15, 0.2) is 11.5 Å². The van der Waals surface area contributed by atoms with E-state index in [1.807, 2.05) is 58.8 Å². The van der Waals surface area contributed by atoms with E-state index in [0.29, 0.717) is 35.5 Å². The van der Waals surface area contributed by atoms with Crippen molar-refractivity contribution in [2.24, 2.45) is 0 Å². The number of carbonyl (C=O) groups excluding carboxylic acids is 1. The zero-order valence-corrected chi connectivity index (χ0v) is 18.6. The molecule has 1 atom stereocenters. The highest BCUT2D eigenvalue weighted by Crippen LogP contribution is 2.42. The number of rotatable bonds is 4. The average Bonchev–Trinajstić information content (AvgIpc) is 3.35. The monoisotopic (exact) mass is 446 g/mol. The molecular formula is C25H22N2O4S.